The SMILES string of the molecule is CNc1ccc(C(=O)N(C)CC2CCN(C)CC2)cn1. The van der Waals surface area contributed by atoms with Crippen molar-refractivity contribution in [1.29, 1.82) is 0 Å². The first-order chi connectivity index (χ1) is 9.60. The fraction of sp³-hybridized carbons (Fsp3) is 0.600. The number of hydrogen-bond acceptors (Lipinski definition) is 4. The molecule has 2 heterocycles. The molecule has 0 bridgehead atoms. The van der Waals surface area contributed by atoms with Gasteiger partial charge in [-0.2, -0.15) is 0 Å². The van der Waals surface area contributed by atoms with Crippen molar-refractivity contribution in [3.8, 4) is 0 Å². The summed E-state index contributed by atoms with van der Waals surface area (Å²) >= 11 is 0. The van der Waals surface area contributed by atoms with Crippen LogP contribution in [0, 0.1) is 5.92 Å². The number of anilines is 1. The number of nitrogens with one attached hydrogen (secondary N) is 1. The molecule has 0 aromatic carbocycles. The van der Waals surface area contributed by atoms with Crippen molar-refractivity contribution in [1.82, 2.24) is 14.8 Å². The van der Waals surface area contributed by atoms with Gasteiger partial charge in [0, 0.05) is 26.8 Å². The average Bonchev–Trinajstić information content (AvgIpc) is 2.49. The van der Waals surface area contributed by atoms with E-state index >= 15 is 0 Å². The van der Waals surface area contributed by atoms with Gasteiger partial charge in [-0.15, -0.1) is 0 Å². The Kier molecular flexibility index (Phi) is 4.95. The van der Waals surface area contributed by atoms with Crippen molar-refractivity contribution >= 4 is 11.7 Å². The third-order valence-electron chi connectivity index (χ3n) is 3.98. The number of rotatable bonds is 4. The molecule has 0 spiro atoms. The molecule has 1 saturated heterocycles. The molecule has 1 amide bonds. The second kappa shape index (κ2) is 6.70. The minimum atomic E-state index is 0.0547. The molecule has 5 nitrogen and oxygen atoms in total. The van der Waals surface area contributed by atoms with E-state index < -0.39 is 0 Å². The van der Waals surface area contributed by atoms with E-state index in [-0.39, 0.29) is 5.91 Å². The normalized spacial score (nSPS) is 16.9. The maximum absolute atomic E-state index is 12.3. The van der Waals surface area contributed by atoms with E-state index in [0.717, 1.165) is 25.5 Å². The van der Waals surface area contributed by atoms with Crippen LogP contribution in [0.5, 0.6) is 0 Å². The summed E-state index contributed by atoms with van der Waals surface area (Å²) in [4.78, 5) is 20.7. The van der Waals surface area contributed by atoms with Crippen molar-refractivity contribution in [2.75, 3.05) is 46.1 Å². The largest absolute Gasteiger partial charge is 0.373 e. The number of carbonyl (C=O) groups excluding carboxylic acids is 1. The van der Waals surface area contributed by atoms with E-state index in [1.165, 1.54) is 12.8 Å². The zero-order valence-electron chi connectivity index (χ0n) is 12.6. The van der Waals surface area contributed by atoms with Gasteiger partial charge >= 0.3 is 0 Å². The quantitative estimate of drug-likeness (QED) is 0.906. The molecule has 0 aliphatic carbocycles. The Labute approximate surface area is 121 Å². The average molecular weight is 276 g/mol. The van der Waals surface area contributed by atoms with Crippen molar-refractivity contribution in [3.05, 3.63) is 23.9 Å². The van der Waals surface area contributed by atoms with Gasteiger partial charge in [-0.1, -0.05) is 0 Å². The fourth-order valence-electron chi connectivity index (χ4n) is 2.60. The van der Waals surface area contributed by atoms with E-state index in [9.17, 15) is 4.79 Å². The zero-order chi connectivity index (χ0) is 14.5. The maximum atomic E-state index is 12.3. The highest BCUT2D eigenvalue weighted by molar-refractivity contribution is 5.93. The van der Waals surface area contributed by atoms with E-state index in [0.29, 0.717) is 11.5 Å². The zero-order valence-corrected chi connectivity index (χ0v) is 12.6. The van der Waals surface area contributed by atoms with Crippen LogP contribution in [0.1, 0.15) is 23.2 Å². The van der Waals surface area contributed by atoms with Gasteiger partial charge in [0.25, 0.3) is 5.91 Å². The molecule has 1 fully saturated rings. The van der Waals surface area contributed by atoms with Crippen LogP contribution in [0.3, 0.4) is 0 Å². The topological polar surface area (TPSA) is 48.5 Å². The van der Waals surface area contributed by atoms with Gasteiger partial charge in [0.05, 0.1) is 5.56 Å². The molecule has 1 aliphatic heterocycles. The molecule has 1 aromatic rings. The van der Waals surface area contributed by atoms with E-state index in [1.54, 1.807) is 6.20 Å². The third-order valence-corrected chi connectivity index (χ3v) is 3.98. The lowest BCUT2D eigenvalue weighted by atomic mass is 9.96. The molecule has 110 valence electrons. The van der Waals surface area contributed by atoms with Gasteiger partial charge < -0.3 is 15.1 Å². The standard InChI is InChI=1S/C15H24N4O/c1-16-14-5-4-13(10-17-14)15(20)19(3)11-12-6-8-18(2)9-7-12/h4-5,10,12H,6-9,11H2,1-3H3,(H,16,17). The number of likely N-dealkylation sites (tertiary alicyclic amines) is 1. The number of piperidine rings is 1. The number of nitrogens with zero attached hydrogens (tertiary/aromatic N) is 3. The summed E-state index contributed by atoms with van der Waals surface area (Å²) in [5, 5.41) is 2.95. The summed E-state index contributed by atoms with van der Waals surface area (Å²) in [5.41, 5.74) is 0.652. The fourth-order valence-corrected chi connectivity index (χ4v) is 2.60. The van der Waals surface area contributed by atoms with Crippen molar-refractivity contribution < 1.29 is 4.79 Å². The van der Waals surface area contributed by atoms with E-state index in [1.807, 2.05) is 31.1 Å². The van der Waals surface area contributed by atoms with E-state index in [4.69, 9.17) is 0 Å². The van der Waals surface area contributed by atoms with Crippen molar-refractivity contribution in [2.45, 2.75) is 12.8 Å². The van der Waals surface area contributed by atoms with Crippen LogP contribution < -0.4 is 5.32 Å². The molecule has 1 aromatic heterocycles. The van der Waals surface area contributed by atoms with Gasteiger partial charge in [-0.05, 0) is 51.0 Å². The highest BCUT2D eigenvalue weighted by Gasteiger charge is 2.21. The maximum Gasteiger partial charge on any atom is 0.255 e. The minimum absolute atomic E-state index is 0.0547. The molecule has 1 N–H and O–H groups in total. The minimum Gasteiger partial charge on any atom is -0.373 e. The lowest BCUT2D eigenvalue weighted by Crippen LogP contribution is -2.38. The molecule has 20 heavy (non-hydrogen) atoms. The molecule has 0 atom stereocenters. The highest BCUT2D eigenvalue weighted by atomic mass is 16.2. The summed E-state index contributed by atoms with van der Waals surface area (Å²) < 4.78 is 0. The van der Waals surface area contributed by atoms with Crippen LogP contribution in [0.25, 0.3) is 0 Å². The van der Waals surface area contributed by atoms with Crippen LogP contribution in [-0.4, -0.2) is 61.5 Å². The Bertz CT molecular complexity index is 438. The summed E-state index contributed by atoms with van der Waals surface area (Å²) in [5.74, 6) is 1.45. The summed E-state index contributed by atoms with van der Waals surface area (Å²) in [6.45, 7) is 3.09. The van der Waals surface area contributed by atoms with E-state index in [2.05, 4.69) is 22.2 Å². The smallest absolute Gasteiger partial charge is 0.255 e. The van der Waals surface area contributed by atoms with Gasteiger partial charge in [0.1, 0.15) is 5.82 Å². The van der Waals surface area contributed by atoms with Crippen molar-refractivity contribution in [3.63, 3.8) is 0 Å². The first-order valence-corrected chi connectivity index (χ1v) is 7.18. The number of carbonyl (C=O) groups is 1. The molecule has 0 saturated carbocycles. The molecule has 2 rings (SSSR count). The summed E-state index contributed by atoms with van der Waals surface area (Å²) in [7, 11) is 5.85. The second-order valence-corrected chi connectivity index (χ2v) is 5.61. The third kappa shape index (κ3) is 3.70. The molecule has 0 radical (unpaired) electrons. The molecule has 5 heteroatoms. The van der Waals surface area contributed by atoms with Gasteiger partial charge in [-0.3, -0.25) is 4.79 Å². The van der Waals surface area contributed by atoms with Crippen LogP contribution in [0.4, 0.5) is 5.82 Å². The molecular formula is C15H24N4O. The highest BCUT2D eigenvalue weighted by Crippen LogP contribution is 2.17. The van der Waals surface area contributed by atoms with Crippen LogP contribution in [0.15, 0.2) is 18.3 Å². The summed E-state index contributed by atoms with van der Waals surface area (Å²) in [6, 6.07) is 3.66. The van der Waals surface area contributed by atoms with Gasteiger partial charge in [-0.25, -0.2) is 4.98 Å². The molecule has 1 aliphatic rings. The van der Waals surface area contributed by atoms with Crippen LogP contribution >= 0.6 is 0 Å². The number of pyridine rings is 1. The van der Waals surface area contributed by atoms with Crippen LogP contribution in [-0.2, 0) is 0 Å². The first-order valence-electron chi connectivity index (χ1n) is 7.18. The lowest BCUT2D eigenvalue weighted by Gasteiger charge is -2.31. The Hall–Kier alpha value is -1.62. The number of hydrogen-bond donors (Lipinski definition) is 1. The van der Waals surface area contributed by atoms with Crippen LogP contribution in [0.2, 0.25) is 0 Å². The Morgan fingerprint density at radius 3 is 2.70 bits per heavy atom. The molecular weight excluding hydrogens is 252 g/mol. The Morgan fingerprint density at radius 1 is 1.45 bits per heavy atom. The van der Waals surface area contributed by atoms with Gasteiger partial charge in [0.2, 0.25) is 0 Å². The Balaban J connectivity index is 1.90. The number of amides is 1. The lowest BCUT2D eigenvalue weighted by molar-refractivity contribution is 0.0747. The van der Waals surface area contributed by atoms with Crippen molar-refractivity contribution in [2.24, 2.45) is 5.92 Å². The monoisotopic (exact) mass is 276 g/mol. The predicted octanol–water partition coefficient (Wildman–Crippen LogP) is 1.54. The first kappa shape index (κ1) is 14.8. The predicted molar refractivity (Wildman–Crippen MR) is 81.0 cm³/mol. The second-order valence-electron chi connectivity index (χ2n) is 5.61. The van der Waals surface area contributed by atoms with Gasteiger partial charge in [0.15, 0.2) is 0 Å². The Morgan fingerprint density at radius 2 is 2.15 bits per heavy atom. The summed E-state index contributed by atoms with van der Waals surface area (Å²) in [6.07, 6.45) is 3.98. The number of aromatic nitrogens is 1. The molecule has 0 unspecified atom stereocenters.